The van der Waals surface area contributed by atoms with Gasteiger partial charge in [-0.3, -0.25) is 0 Å². The molecule has 2 fully saturated rings. The van der Waals surface area contributed by atoms with Crippen molar-refractivity contribution in [3.8, 4) is 0 Å². The highest BCUT2D eigenvalue weighted by atomic mass is 33.2. The lowest BCUT2D eigenvalue weighted by molar-refractivity contribution is 0.0580. The summed E-state index contributed by atoms with van der Waals surface area (Å²) in [5, 5.41) is 0. The Labute approximate surface area is 56.9 Å². The fraction of sp³-hybridized carbons (Fsp3) is 1.00. The zero-order chi connectivity index (χ0) is 5.45. The molecule has 0 radical (unpaired) electrons. The lowest BCUT2D eigenvalue weighted by Gasteiger charge is -2.17. The van der Waals surface area contributed by atoms with Crippen LogP contribution in [-0.2, 0) is 4.74 Å². The van der Waals surface area contributed by atoms with Crippen molar-refractivity contribution in [2.24, 2.45) is 0 Å². The second-order valence-corrected chi connectivity index (χ2v) is 5.07. The summed E-state index contributed by atoms with van der Waals surface area (Å²) in [6, 6.07) is 0. The first-order chi connectivity index (χ1) is 3.91. The average molecular weight is 148 g/mol. The second kappa shape index (κ2) is 1.82. The molecular formula is C5H8OS2. The van der Waals surface area contributed by atoms with Crippen LogP contribution in [0.3, 0.4) is 0 Å². The number of rotatable bonds is 0. The molecule has 0 unspecified atom stereocenters. The molecule has 2 heterocycles. The fourth-order valence-corrected chi connectivity index (χ4v) is 2.80. The van der Waals surface area contributed by atoms with E-state index in [2.05, 4.69) is 0 Å². The highest BCUT2D eigenvalue weighted by Gasteiger charge is 2.48. The van der Waals surface area contributed by atoms with Gasteiger partial charge in [-0.15, -0.1) is 0 Å². The van der Waals surface area contributed by atoms with Crippen LogP contribution in [0.4, 0.5) is 0 Å². The molecule has 0 atom stereocenters. The van der Waals surface area contributed by atoms with Crippen LogP contribution >= 0.6 is 21.6 Å². The maximum absolute atomic E-state index is 5.50. The van der Waals surface area contributed by atoms with Crippen LogP contribution in [0.15, 0.2) is 0 Å². The summed E-state index contributed by atoms with van der Waals surface area (Å²) in [6.45, 7) is 0.986. The molecule has 0 aromatic carbocycles. The molecule has 2 aliphatic heterocycles. The van der Waals surface area contributed by atoms with E-state index in [0.717, 1.165) is 6.61 Å². The predicted molar refractivity (Wildman–Crippen MR) is 37.7 cm³/mol. The second-order valence-electron chi connectivity index (χ2n) is 2.16. The smallest absolute Gasteiger partial charge is 0.180 e. The van der Waals surface area contributed by atoms with Crippen LogP contribution in [0.25, 0.3) is 0 Å². The SMILES string of the molecule is C1CCC2(OC1)SS2. The van der Waals surface area contributed by atoms with E-state index in [9.17, 15) is 0 Å². The Kier molecular flexibility index (Phi) is 1.24. The van der Waals surface area contributed by atoms with Gasteiger partial charge in [0.25, 0.3) is 0 Å². The average Bonchev–Trinajstić information content (AvgIpc) is 2.52. The largest absolute Gasteiger partial charge is 0.353 e. The topological polar surface area (TPSA) is 9.23 Å². The molecular weight excluding hydrogens is 140 g/mol. The van der Waals surface area contributed by atoms with E-state index in [1.807, 2.05) is 21.6 Å². The minimum absolute atomic E-state index is 0.262. The molecule has 3 heteroatoms. The number of hydrogen-bond acceptors (Lipinski definition) is 3. The van der Waals surface area contributed by atoms with Gasteiger partial charge in [0.1, 0.15) is 0 Å². The van der Waals surface area contributed by atoms with Crippen LogP contribution in [0, 0.1) is 0 Å². The summed E-state index contributed by atoms with van der Waals surface area (Å²) < 4.78 is 5.76. The van der Waals surface area contributed by atoms with Gasteiger partial charge in [-0.25, -0.2) is 0 Å². The van der Waals surface area contributed by atoms with Gasteiger partial charge in [0, 0.05) is 6.61 Å². The van der Waals surface area contributed by atoms with Gasteiger partial charge in [0.05, 0.1) is 0 Å². The standard InChI is InChI=1S/C5H8OS2/c1-2-4-6-5(3-1)7-8-5/h1-4H2. The fourth-order valence-electron chi connectivity index (χ4n) is 0.921. The molecule has 0 aliphatic carbocycles. The Balaban J connectivity index is 1.95. The van der Waals surface area contributed by atoms with Gasteiger partial charge in [0.15, 0.2) is 4.27 Å². The van der Waals surface area contributed by atoms with Crippen molar-refractivity contribution in [1.82, 2.24) is 0 Å². The van der Waals surface area contributed by atoms with E-state index in [4.69, 9.17) is 4.74 Å². The van der Waals surface area contributed by atoms with Crippen LogP contribution < -0.4 is 0 Å². The van der Waals surface area contributed by atoms with Crippen molar-refractivity contribution in [2.75, 3.05) is 6.61 Å². The Morgan fingerprint density at radius 1 is 1.25 bits per heavy atom. The lowest BCUT2D eigenvalue weighted by Crippen LogP contribution is -2.17. The molecule has 2 saturated heterocycles. The molecule has 1 spiro atoms. The summed E-state index contributed by atoms with van der Waals surface area (Å²) in [7, 11) is 3.77. The van der Waals surface area contributed by atoms with Crippen molar-refractivity contribution < 1.29 is 4.74 Å². The molecule has 2 rings (SSSR count). The maximum atomic E-state index is 5.50. The Morgan fingerprint density at radius 3 is 2.50 bits per heavy atom. The monoisotopic (exact) mass is 148 g/mol. The van der Waals surface area contributed by atoms with Crippen molar-refractivity contribution in [2.45, 2.75) is 23.5 Å². The Hall–Kier alpha value is 0.660. The molecule has 0 N–H and O–H groups in total. The van der Waals surface area contributed by atoms with E-state index in [1.165, 1.54) is 19.3 Å². The number of ether oxygens (including phenoxy) is 1. The number of hydrogen-bond donors (Lipinski definition) is 0. The minimum Gasteiger partial charge on any atom is -0.353 e. The molecule has 0 aromatic rings. The van der Waals surface area contributed by atoms with Gasteiger partial charge in [-0.1, -0.05) is 0 Å². The van der Waals surface area contributed by atoms with Gasteiger partial charge < -0.3 is 4.74 Å². The predicted octanol–water partition coefficient (Wildman–Crippen LogP) is 2.24. The van der Waals surface area contributed by atoms with E-state index in [1.54, 1.807) is 0 Å². The Morgan fingerprint density at radius 2 is 2.12 bits per heavy atom. The third-order valence-corrected chi connectivity index (χ3v) is 4.27. The van der Waals surface area contributed by atoms with Crippen molar-refractivity contribution >= 4 is 21.6 Å². The highest BCUT2D eigenvalue weighted by Crippen LogP contribution is 2.68. The minimum atomic E-state index is 0.262. The Bertz CT molecular complexity index is 92.6. The molecule has 0 saturated carbocycles. The first-order valence-electron chi connectivity index (χ1n) is 2.92. The van der Waals surface area contributed by atoms with Gasteiger partial charge in [0.2, 0.25) is 0 Å². The molecule has 8 heavy (non-hydrogen) atoms. The quantitative estimate of drug-likeness (QED) is 0.385. The molecule has 2 aliphatic rings. The summed E-state index contributed by atoms with van der Waals surface area (Å²) in [6.07, 6.45) is 3.89. The van der Waals surface area contributed by atoms with Crippen LogP contribution in [0.1, 0.15) is 19.3 Å². The van der Waals surface area contributed by atoms with Gasteiger partial charge in [-0.05, 0) is 40.9 Å². The molecule has 1 nitrogen and oxygen atoms in total. The highest BCUT2D eigenvalue weighted by molar-refractivity contribution is 8.93. The summed E-state index contributed by atoms with van der Waals surface area (Å²) >= 11 is 0. The third kappa shape index (κ3) is 0.870. The zero-order valence-corrected chi connectivity index (χ0v) is 6.19. The third-order valence-electron chi connectivity index (χ3n) is 1.47. The molecule has 0 amide bonds. The van der Waals surface area contributed by atoms with Crippen molar-refractivity contribution in [1.29, 1.82) is 0 Å². The van der Waals surface area contributed by atoms with Gasteiger partial charge >= 0.3 is 0 Å². The first-order valence-corrected chi connectivity index (χ1v) is 5.07. The summed E-state index contributed by atoms with van der Waals surface area (Å²) in [4.78, 5) is 0. The summed E-state index contributed by atoms with van der Waals surface area (Å²) in [5.41, 5.74) is 0. The lowest BCUT2D eigenvalue weighted by atomic mass is 10.2. The van der Waals surface area contributed by atoms with E-state index < -0.39 is 0 Å². The van der Waals surface area contributed by atoms with Crippen LogP contribution in [-0.4, -0.2) is 10.9 Å². The molecule has 0 aromatic heterocycles. The first kappa shape index (κ1) is 5.45. The van der Waals surface area contributed by atoms with E-state index in [-0.39, 0.29) is 4.27 Å². The van der Waals surface area contributed by atoms with E-state index >= 15 is 0 Å². The van der Waals surface area contributed by atoms with Crippen LogP contribution in [0.2, 0.25) is 0 Å². The van der Waals surface area contributed by atoms with Crippen molar-refractivity contribution in [3.63, 3.8) is 0 Å². The molecule has 0 bridgehead atoms. The van der Waals surface area contributed by atoms with Crippen molar-refractivity contribution in [3.05, 3.63) is 0 Å². The zero-order valence-electron chi connectivity index (χ0n) is 4.55. The maximum Gasteiger partial charge on any atom is 0.180 e. The molecule has 46 valence electrons. The van der Waals surface area contributed by atoms with E-state index in [0.29, 0.717) is 0 Å². The van der Waals surface area contributed by atoms with Crippen LogP contribution in [0.5, 0.6) is 0 Å². The van der Waals surface area contributed by atoms with Gasteiger partial charge in [-0.2, -0.15) is 0 Å². The summed E-state index contributed by atoms with van der Waals surface area (Å²) in [5.74, 6) is 0. The normalized spacial score (nSPS) is 33.0.